The molecular weight excluding hydrogens is 379 g/mol. The zero-order chi connectivity index (χ0) is 20.7. The maximum absolute atomic E-state index is 13.3. The van der Waals surface area contributed by atoms with Crippen LogP contribution >= 0.6 is 0 Å². The summed E-state index contributed by atoms with van der Waals surface area (Å²) in [5.74, 6) is -0.537. The molecular formula is C24H17FN4O. The Balaban J connectivity index is 1.64. The van der Waals surface area contributed by atoms with Crippen LogP contribution in [0, 0.1) is 12.7 Å². The van der Waals surface area contributed by atoms with Gasteiger partial charge in [0.25, 0.3) is 0 Å². The molecule has 0 aliphatic rings. The van der Waals surface area contributed by atoms with Gasteiger partial charge in [0.1, 0.15) is 12.1 Å². The maximum Gasteiger partial charge on any atom is 0.210 e. The summed E-state index contributed by atoms with van der Waals surface area (Å²) in [5.41, 5.74) is 5.26. The Labute approximate surface area is 171 Å². The molecule has 0 aliphatic heterocycles. The van der Waals surface area contributed by atoms with Gasteiger partial charge in [-0.2, -0.15) is 5.10 Å². The molecule has 0 saturated heterocycles. The summed E-state index contributed by atoms with van der Waals surface area (Å²) >= 11 is 0. The molecule has 0 amide bonds. The van der Waals surface area contributed by atoms with Crippen molar-refractivity contribution < 1.29 is 9.18 Å². The third-order valence-electron chi connectivity index (χ3n) is 5.20. The molecule has 3 heterocycles. The number of para-hydroxylation sites is 2. The van der Waals surface area contributed by atoms with Gasteiger partial charge in [-0.05, 0) is 61.0 Å². The number of fused-ring (bicyclic) bond motifs is 2. The number of pyridine rings is 1. The predicted octanol–water partition coefficient (Wildman–Crippen LogP) is 4.85. The molecule has 0 bridgehead atoms. The molecule has 30 heavy (non-hydrogen) atoms. The van der Waals surface area contributed by atoms with Crippen molar-refractivity contribution in [3.63, 3.8) is 0 Å². The first-order valence-electron chi connectivity index (χ1n) is 9.50. The molecule has 5 nitrogen and oxygen atoms in total. The molecule has 2 aromatic carbocycles. The van der Waals surface area contributed by atoms with Crippen molar-refractivity contribution in [2.24, 2.45) is 5.10 Å². The van der Waals surface area contributed by atoms with Gasteiger partial charge < -0.3 is 4.40 Å². The first-order valence-corrected chi connectivity index (χ1v) is 9.50. The third-order valence-corrected chi connectivity index (χ3v) is 5.20. The number of benzene rings is 2. The minimum absolute atomic E-state index is 0.165. The number of imidazole rings is 1. The van der Waals surface area contributed by atoms with Crippen molar-refractivity contribution in [1.82, 2.24) is 14.1 Å². The van der Waals surface area contributed by atoms with Gasteiger partial charge in [0, 0.05) is 17.3 Å². The van der Waals surface area contributed by atoms with Crippen molar-refractivity contribution in [1.29, 1.82) is 0 Å². The third kappa shape index (κ3) is 2.90. The largest absolute Gasteiger partial charge is 0.313 e. The van der Waals surface area contributed by atoms with Crippen molar-refractivity contribution in [2.75, 3.05) is 0 Å². The molecule has 0 atom stereocenters. The van der Waals surface area contributed by atoms with E-state index in [2.05, 4.69) is 10.1 Å². The Morgan fingerprint density at radius 1 is 1.00 bits per heavy atom. The van der Waals surface area contributed by atoms with Gasteiger partial charge in [-0.1, -0.05) is 18.2 Å². The normalized spacial score (nSPS) is 11.7. The molecule has 0 aliphatic carbocycles. The van der Waals surface area contributed by atoms with Gasteiger partial charge in [-0.25, -0.2) is 14.1 Å². The van der Waals surface area contributed by atoms with Crippen LogP contribution in [0.15, 0.2) is 84.4 Å². The molecule has 0 saturated carbocycles. The Kier molecular flexibility index (Phi) is 4.25. The highest BCUT2D eigenvalue weighted by molar-refractivity contribution is 6.11. The van der Waals surface area contributed by atoms with Crippen molar-refractivity contribution in [3.05, 3.63) is 107 Å². The van der Waals surface area contributed by atoms with Gasteiger partial charge in [-0.3, -0.25) is 4.79 Å². The molecule has 5 aromatic rings. The van der Waals surface area contributed by atoms with Crippen LogP contribution < -0.4 is 0 Å². The Bertz CT molecular complexity index is 1430. The summed E-state index contributed by atoms with van der Waals surface area (Å²) in [4.78, 5) is 17.6. The molecule has 3 aromatic heterocycles. The van der Waals surface area contributed by atoms with Gasteiger partial charge in [0.15, 0.2) is 0 Å². The van der Waals surface area contributed by atoms with Gasteiger partial charge in [0.05, 0.1) is 28.5 Å². The number of hydrogen-bond donors (Lipinski definition) is 0. The lowest BCUT2D eigenvalue weighted by Crippen LogP contribution is -2.07. The summed E-state index contributed by atoms with van der Waals surface area (Å²) in [7, 11) is 0. The molecule has 0 radical (unpaired) electrons. The highest BCUT2D eigenvalue weighted by Crippen LogP contribution is 2.24. The first kappa shape index (κ1) is 18.0. The smallest absolute Gasteiger partial charge is 0.210 e. The number of hydrogen-bond acceptors (Lipinski definition) is 3. The van der Waals surface area contributed by atoms with Crippen LogP contribution in [0.25, 0.3) is 16.6 Å². The van der Waals surface area contributed by atoms with Crippen LogP contribution in [0.2, 0.25) is 0 Å². The van der Waals surface area contributed by atoms with E-state index in [-0.39, 0.29) is 11.6 Å². The Morgan fingerprint density at radius 3 is 2.57 bits per heavy atom. The fourth-order valence-corrected chi connectivity index (χ4v) is 3.70. The predicted molar refractivity (Wildman–Crippen MR) is 115 cm³/mol. The van der Waals surface area contributed by atoms with Crippen LogP contribution in [-0.2, 0) is 0 Å². The summed E-state index contributed by atoms with van der Waals surface area (Å²) in [5, 5.41) is 4.59. The number of ketones is 1. The lowest BCUT2D eigenvalue weighted by Gasteiger charge is -2.04. The van der Waals surface area contributed by atoms with Crippen molar-refractivity contribution >= 4 is 28.5 Å². The van der Waals surface area contributed by atoms with Crippen molar-refractivity contribution in [2.45, 2.75) is 6.92 Å². The summed E-state index contributed by atoms with van der Waals surface area (Å²) < 4.78 is 16.9. The molecule has 0 spiro atoms. The van der Waals surface area contributed by atoms with E-state index in [1.54, 1.807) is 17.2 Å². The number of carbonyl (C=O) groups excluding carboxylic acids is 1. The van der Waals surface area contributed by atoms with E-state index >= 15 is 0 Å². The SMILES string of the molecule is Cc1c(/C=N\n2cnc3ccccc32)c2ccccn2c1C(=O)c1ccc(F)cc1. The fourth-order valence-electron chi connectivity index (χ4n) is 3.70. The number of aromatic nitrogens is 3. The molecule has 6 heteroatoms. The summed E-state index contributed by atoms with van der Waals surface area (Å²) in [6, 6.07) is 19.1. The van der Waals surface area contributed by atoms with E-state index in [0.29, 0.717) is 11.3 Å². The highest BCUT2D eigenvalue weighted by Gasteiger charge is 2.21. The number of carbonyl (C=O) groups is 1. The zero-order valence-electron chi connectivity index (χ0n) is 16.2. The van der Waals surface area contributed by atoms with Crippen LogP contribution in [0.4, 0.5) is 4.39 Å². The van der Waals surface area contributed by atoms with Gasteiger partial charge in [-0.15, -0.1) is 0 Å². The number of halogens is 1. The van der Waals surface area contributed by atoms with E-state index in [1.165, 1.54) is 24.3 Å². The van der Waals surface area contributed by atoms with Gasteiger partial charge in [0.2, 0.25) is 5.78 Å². The van der Waals surface area contributed by atoms with Crippen LogP contribution in [-0.4, -0.2) is 26.1 Å². The average Bonchev–Trinajstić information content (AvgIpc) is 3.30. The van der Waals surface area contributed by atoms with E-state index in [1.807, 2.05) is 60.0 Å². The van der Waals surface area contributed by atoms with Crippen LogP contribution in [0.3, 0.4) is 0 Å². The minimum atomic E-state index is -0.372. The van der Waals surface area contributed by atoms with E-state index in [9.17, 15) is 9.18 Å². The maximum atomic E-state index is 13.3. The Morgan fingerprint density at radius 2 is 1.73 bits per heavy atom. The minimum Gasteiger partial charge on any atom is -0.313 e. The molecule has 0 N–H and O–H groups in total. The second-order valence-electron chi connectivity index (χ2n) is 7.00. The fraction of sp³-hybridized carbons (Fsp3) is 0.0417. The highest BCUT2D eigenvalue weighted by atomic mass is 19.1. The molecule has 146 valence electrons. The molecule has 0 unspecified atom stereocenters. The molecule has 0 fully saturated rings. The molecule has 5 rings (SSSR count). The van der Waals surface area contributed by atoms with E-state index in [4.69, 9.17) is 0 Å². The average molecular weight is 396 g/mol. The van der Waals surface area contributed by atoms with E-state index in [0.717, 1.165) is 27.7 Å². The summed E-state index contributed by atoms with van der Waals surface area (Å²) in [6.07, 6.45) is 5.27. The van der Waals surface area contributed by atoms with Crippen molar-refractivity contribution in [3.8, 4) is 0 Å². The van der Waals surface area contributed by atoms with E-state index < -0.39 is 0 Å². The number of nitrogens with zero attached hydrogens (tertiary/aromatic N) is 4. The van der Waals surface area contributed by atoms with Gasteiger partial charge >= 0.3 is 0 Å². The standard InChI is InChI=1S/C24H17FN4O/c1-16-19(14-27-29-15-26-20-6-2-3-8-22(20)29)21-7-4-5-13-28(21)23(16)24(30)17-9-11-18(25)12-10-17/h2-15H,1H3/b27-14-. The second-order valence-corrected chi connectivity index (χ2v) is 7.00. The summed E-state index contributed by atoms with van der Waals surface area (Å²) in [6.45, 7) is 1.90. The monoisotopic (exact) mass is 396 g/mol. The Hall–Kier alpha value is -4.06. The quantitative estimate of drug-likeness (QED) is 0.322. The topological polar surface area (TPSA) is 51.7 Å². The van der Waals surface area contributed by atoms with Crippen LogP contribution in [0.1, 0.15) is 27.2 Å². The lowest BCUT2D eigenvalue weighted by molar-refractivity contribution is 0.103. The lowest BCUT2D eigenvalue weighted by atomic mass is 10.0. The first-order chi connectivity index (χ1) is 14.6. The zero-order valence-corrected chi connectivity index (χ0v) is 16.2. The number of rotatable bonds is 4. The van der Waals surface area contributed by atoms with Crippen LogP contribution in [0.5, 0.6) is 0 Å². The second kappa shape index (κ2) is 7.08.